The van der Waals surface area contributed by atoms with Crippen molar-refractivity contribution in [1.29, 1.82) is 0 Å². The van der Waals surface area contributed by atoms with Crippen LogP contribution in [0.25, 0.3) is 0 Å². The van der Waals surface area contributed by atoms with Crippen molar-refractivity contribution >= 4 is 5.91 Å². The average molecular weight is 446 g/mol. The Balaban J connectivity index is 1.64. The third-order valence-corrected chi connectivity index (χ3v) is 6.01. The molecule has 0 bridgehead atoms. The molecule has 0 aliphatic carbocycles. The number of nitrogens with zero attached hydrogens (tertiary/aromatic N) is 6. The van der Waals surface area contributed by atoms with Crippen molar-refractivity contribution in [3.63, 3.8) is 0 Å². The fourth-order valence-electron chi connectivity index (χ4n) is 4.44. The van der Waals surface area contributed by atoms with E-state index in [4.69, 9.17) is 0 Å². The molecule has 2 aromatic heterocycles. The molecule has 1 aromatic carbocycles. The Morgan fingerprint density at radius 1 is 1.12 bits per heavy atom. The SMILES string of the molecule is CCn1nc(C)c(CCC(=O)N2CCn3c(nnc3C(F)(F)F)C2c2ccccc2)c1C. The molecule has 0 fully saturated rings. The highest BCUT2D eigenvalue weighted by Gasteiger charge is 2.43. The van der Waals surface area contributed by atoms with E-state index < -0.39 is 18.0 Å². The fourth-order valence-corrected chi connectivity index (χ4v) is 4.44. The summed E-state index contributed by atoms with van der Waals surface area (Å²) < 4.78 is 43.2. The number of benzene rings is 1. The predicted molar refractivity (Wildman–Crippen MR) is 111 cm³/mol. The van der Waals surface area contributed by atoms with Gasteiger partial charge in [-0.15, -0.1) is 10.2 Å². The molecule has 0 N–H and O–H groups in total. The molecule has 3 aromatic rings. The summed E-state index contributed by atoms with van der Waals surface area (Å²) in [6.45, 7) is 6.82. The van der Waals surface area contributed by atoms with Crippen molar-refractivity contribution in [3.8, 4) is 0 Å². The topological polar surface area (TPSA) is 68.8 Å². The summed E-state index contributed by atoms with van der Waals surface area (Å²) in [5.41, 5.74) is 3.67. The van der Waals surface area contributed by atoms with Crippen LogP contribution in [0.3, 0.4) is 0 Å². The molecule has 0 radical (unpaired) electrons. The lowest BCUT2D eigenvalue weighted by molar-refractivity contribution is -0.148. The molecule has 32 heavy (non-hydrogen) atoms. The number of hydrogen-bond donors (Lipinski definition) is 0. The Morgan fingerprint density at radius 3 is 2.47 bits per heavy atom. The molecule has 0 spiro atoms. The van der Waals surface area contributed by atoms with Gasteiger partial charge in [0.2, 0.25) is 11.7 Å². The van der Waals surface area contributed by atoms with Crippen LogP contribution in [0.5, 0.6) is 0 Å². The van der Waals surface area contributed by atoms with E-state index in [1.54, 1.807) is 29.2 Å². The van der Waals surface area contributed by atoms with Gasteiger partial charge in [0.15, 0.2) is 5.82 Å². The maximum Gasteiger partial charge on any atom is 0.451 e. The van der Waals surface area contributed by atoms with E-state index in [1.165, 1.54) is 0 Å². The van der Waals surface area contributed by atoms with E-state index in [1.807, 2.05) is 31.5 Å². The highest BCUT2D eigenvalue weighted by molar-refractivity contribution is 5.77. The number of hydrogen-bond acceptors (Lipinski definition) is 4. The molecule has 0 saturated heterocycles. The zero-order chi connectivity index (χ0) is 23.0. The fraction of sp³-hybridized carbons (Fsp3) is 0.455. The van der Waals surface area contributed by atoms with Crippen LogP contribution in [0.15, 0.2) is 30.3 Å². The first-order chi connectivity index (χ1) is 15.2. The molecular weight excluding hydrogens is 421 g/mol. The molecule has 0 saturated carbocycles. The maximum absolute atomic E-state index is 13.4. The highest BCUT2D eigenvalue weighted by atomic mass is 19.4. The molecule has 7 nitrogen and oxygen atoms in total. The third-order valence-electron chi connectivity index (χ3n) is 6.01. The van der Waals surface area contributed by atoms with Gasteiger partial charge in [0.1, 0.15) is 6.04 Å². The van der Waals surface area contributed by atoms with Crippen LogP contribution in [-0.2, 0) is 30.5 Å². The van der Waals surface area contributed by atoms with Crippen molar-refractivity contribution in [3.05, 3.63) is 64.5 Å². The summed E-state index contributed by atoms with van der Waals surface area (Å²) in [6.07, 6.45) is -3.84. The summed E-state index contributed by atoms with van der Waals surface area (Å²) in [4.78, 5) is 14.9. The standard InChI is InChI=1S/C22H25F3N6O/c1-4-31-15(3)17(14(2)28-31)10-11-18(32)29-12-13-30-20(26-27-21(30)22(23,24)25)19(29)16-8-6-5-7-9-16/h5-9,19H,4,10-13H2,1-3H3. The molecule has 170 valence electrons. The van der Waals surface area contributed by atoms with Gasteiger partial charge < -0.3 is 9.47 Å². The second-order valence-electron chi connectivity index (χ2n) is 7.90. The molecule has 4 rings (SSSR count). The van der Waals surface area contributed by atoms with E-state index in [9.17, 15) is 18.0 Å². The summed E-state index contributed by atoms with van der Waals surface area (Å²) in [5, 5.41) is 11.8. The quantitative estimate of drug-likeness (QED) is 0.600. The first kappa shape index (κ1) is 22.0. The van der Waals surface area contributed by atoms with E-state index >= 15 is 0 Å². The average Bonchev–Trinajstić information content (AvgIpc) is 3.32. The van der Waals surface area contributed by atoms with Gasteiger partial charge >= 0.3 is 6.18 Å². The number of carbonyl (C=O) groups excluding carboxylic acids is 1. The van der Waals surface area contributed by atoms with Gasteiger partial charge in [0.05, 0.1) is 5.69 Å². The predicted octanol–water partition coefficient (Wildman–Crippen LogP) is 3.69. The van der Waals surface area contributed by atoms with Gasteiger partial charge in [-0.05, 0) is 38.3 Å². The summed E-state index contributed by atoms with van der Waals surface area (Å²) >= 11 is 0. The number of fused-ring (bicyclic) bond motifs is 1. The van der Waals surface area contributed by atoms with Gasteiger partial charge in [0, 0.05) is 31.7 Å². The lowest BCUT2D eigenvalue weighted by Gasteiger charge is -2.36. The van der Waals surface area contributed by atoms with Gasteiger partial charge in [-0.25, -0.2) is 0 Å². The Bertz CT molecular complexity index is 1120. The number of rotatable bonds is 5. The lowest BCUT2D eigenvalue weighted by atomic mass is 10.0. The first-order valence-electron chi connectivity index (χ1n) is 10.6. The van der Waals surface area contributed by atoms with Crippen molar-refractivity contribution in [2.45, 2.75) is 58.9 Å². The molecule has 1 amide bonds. The number of halogens is 3. The summed E-state index contributed by atoms with van der Waals surface area (Å²) in [6, 6.07) is 8.28. The maximum atomic E-state index is 13.4. The van der Waals surface area contributed by atoms with E-state index in [2.05, 4.69) is 15.3 Å². The molecule has 10 heteroatoms. The van der Waals surface area contributed by atoms with Crippen molar-refractivity contribution < 1.29 is 18.0 Å². The van der Waals surface area contributed by atoms with E-state index in [0.29, 0.717) is 12.0 Å². The molecule has 1 aliphatic heterocycles. The Labute approximate surface area is 183 Å². The largest absolute Gasteiger partial charge is 0.451 e. The number of carbonyl (C=O) groups is 1. The van der Waals surface area contributed by atoms with Crippen LogP contribution in [0.2, 0.25) is 0 Å². The summed E-state index contributed by atoms with van der Waals surface area (Å²) in [5.74, 6) is -1.03. The molecular formula is C22H25F3N6O. The highest BCUT2D eigenvalue weighted by Crippen LogP contribution is 2.36. The van der Waals surface area contributed by atoms with Crippen LogP contribution in [0.1, 0.15) is 53.5 Å². The molecule has 1 atom stereocenters. The first-order valence-corrected chi connectivity index (χ1v) is 10.6. The van der Waals surface area contributed by atoms with Crippen molar-refractivity contribution in [1.82, 2.24) is 29.4 Å². The van der Waals surface area contributed by atoms with Crippen molar-refractivity contribution in [2.24, 2.45) is 0 Å². The molecule has 1 aliphatic rings. The van der Waals surface area contributed by atoms with Gasteiger partial charge in [-0.1, -0.05) is 30.3 Å². The molecule has 1 unspecified atom stereocenters. The third kappa shape index (κ3) is 3.89. The number of aryl methyl sites for hydroxylation is 2. The van der Waals surface area contributed by atoms with E-state index in [0.717, 1.165) is 28.1 Å². The zero-order valence-electron chi connectivity index (χ0n) is 18.2. The zero-order valence-corrected chi connectivity index (χ0v) is 18.2. The monoisotopic (exact) mass is 446 g/mol. The number of amides is 1. The lowest BCUT2D eigenvalue weighted by Crippen LogP contribution is -2.43. The Hall–Kier alpha value is -3.17. The number of alkyl halides is 3. The normalized spacial score (nSPS) is 16.3. The second kappa shape index (κ2) is 8.40. The van der Waals surface area contributed by atoms with Crippen LogP contribution < -0.4 is 0 Å². The second-order valence-corrected chi connectivity index (χ2v) is 7.90. The van der Waals surface area contributed by atoms with Crippen LogP contribution in [-0.4, -0.2) is 41.9 Å². The van der Waals surface area contributed by atoms with Gasteiger partial charge in [-0.3, -0.25) is 9.48 Å². The van der Waals surface area contributed by atoms with Crippen LogP contribution >= 0.6 is 0 Å². The van der Waals surface area contributed by atoms with Crippen LogP contribution in [0.4, 0.5) is 13.2 Å². The minimum Gasteiger partial charge on any atom is -0.327 e. The van der Waals surface area contributed by atoms with Crippen LogP contribution in [0, 0.1) is 13.8 Å². The summed E-state index contributed by atoms with van der Waals surface area (Å²) in [7, 11) is 0. The smallest absolute Gasteiger partial charge is 0.327 e. The number of aromatic nitrogens is 5. The minimum atomic E-state index is -4.60. The Kier molecular flexibility index (Phi) is 5.79. The Morgan fingerprint density at radius 2 is 1.84 bits per heavy atom. The van der Waals surface area contributed by atoms with Crippen molar-refractivity contribution in [2.75, 3.05) is 6.54 Å². The minimum absolute atomic E-state index is 0.00191. The van der Waals surface area contributed by atoms with Gasteiger partial charge in [0.25, 0.3) is 0 Å². The molecule has 3 heterocycles. The van der Waals surface area contributed by atoms with E-state index in [-0.39, 0.29) is 31.2 Å². The van der Waals surface area contributed by atoms with Gasteiger partial charge in [-0.2, -0.15) is 18.3 Å².